The first kappa shape index (κ1) is 16.8. The fourth-order valence-corrected chi connectivity index (χ4v) is 3.70. The Morgan fingerprint density at radius 2 is 2.19 bits per heavy atom. The summed E-state index contributed by atoms with van der Waals surface area (Å²) in [5.74, 6) is -0.556. The number of aliphatic hydroxyl groups is 1. The highest BCUT2D eigenvalue weighted by molar-refractivity contribution is 6.00. The number of aryl methyl sites for hydroxylation is 1. The Hall–Kier alpha value is -2.62. The molecule has 0 aromatic carbocycles. The van der Waals surface area contributed by atoms with Crippen molar-refractivity contribution >= 4 is 17.5 Å². The van der Waals surface area contributed by atoms with Gasteiger partial charge in [-0.2, -0.15) is 5.10 Å². The molecule has 138 valence electrons. The van der Waals surface area contributed by atoms with E-state index in [1.165, 1.54) is 17.2 Å². The molecule has 0 saturated carbocycles. The quantitative estimate of drug-likeness (QED) is 0.797. The molecule has 2 fully saturated rings. The summed E-state index contributed by atoms with van der Waals surface area (Å²) >= 11 is 0. The minimum Gasteiger partial charge on any atom is -0.391 e. The Morgan fingerprint density at radius 1 is 1.46 bits per heavy atom. The monoisotopic (exact) mass is 365 g/mol. The number of hydrogen-bond acceptors (Lipinski definition) is 5. The lowest BCUT2D eigenvalue weighted by Crippen LogP contribution is -2.68. The number of amides is 2. The number of piperidine rings is 1. The second kappa shape index (κ2) is 5.70. The van der Waals surface area contributed by atoms with Gasteiger partial charge in [0.1, 0.15) is 11.3 Å². The van der Waals surface area contributed by atoms with Crippen LogP contribution in [-0.2, 0) is 4.79 Å². The number of halogens is 2. The van der Waals surface area contributed by atoms with Crippen molar-refractivity contribution in [3.8, 4) is 0 Å². The maximum absolute atomic E-state index is 13.2. The predicted molar refractivity (Wildman–Crippen MR) is 84.7 cm³/mol. The third-order valence-electron chi connectivity index (χ3n) is 5.09. The molecule has 2 amide bonds. The van der Waals surface area contributed by atoms with Gasteiger partial charge >= 0.3 is 0 Å². The Labute approximate surface area is 146 Å². The summed E-state index contributed by atoms with van der Waals surface area (Å²) in [6.45, 7) is 2.19. The number of fused-ring (bicyclic) bond motifs is 1. The lowest BCUT2D eigenvalue weighted by molar-refractivity contribution is -0.143. The van der Waals surface area contributed by atoms with Crippen LogP contribution >= 0.6 is 0 Å². The molecule has 2 aliphatic rings. The van der Waals surface area contributed by atoms with Crippen molar-refractivity contribution in [2.75, 3.05) is 19.6 Å². The second-order valence-electron chi connectivity index (χ2n) is 6.94. The molecule has 4 heterocycles. The van der Waals surface area contributed by atoms with E-state index in [9.17, 15) is 23.5 Å². The van der Waals surface area contributed by atoms with Crippen LogP contribution in [-0.4, -0.2) is 62.2 Å². The first-order valence-corrected chi connectivity index (χ1v) is 8.18. The first-order chi connectivity index (χ1) is 12.3. The summed E-state index contributed by atoms with van der Waals surface area (Å²) < 4.78 is 27.4. The highest BCUT2D eigenvalue weighted by atomic mass is 19.3. The van der Waals surface area contributed by atoms with E-state index in [-0.39, 0.29) is 48.9 Å². The first-order valence-electron chi connectivity index (χ1n) is 8.18. The Kier molecular flexibility index (Phi) is 3.69. The van der Waals surface area contributed by atoms with Crippen LogP contribution in [0.4, 0.5) is 8.78 Å². The topological polar surface area (TPSA) is 99.8 Å². The van der Waals surface area contributed by atoms with Gasteiger partial charge in [-0.1, -0.05) is 0 Å². The molecule has 2 aromatic heterocycles. The fraction of sp³-hybridized carbons (Fsp3) is 0.500. The van der Waals surface area contributed by atoms with Crippen LogP contribution in [0.25, 0.3) is 5.65 Å². The van der Waals surface area contributed by atoms with E-state index in [0.717, 1.165) is 4.52 Å². The third-order valence-corrected chi connectivity index (χ3v) is 5.09. The summed E-state index contributed by atoms with van der Waals surface area (Å²) in [5.41, 5.74) is -0.403. The predicted octanol–water partition coefficient (Wildman–Crippen LogP) is 0.298. The second-order valence-corrected chi connectivity index (χ2v) is 6.94. The summed E-state index contributed by atoms with van der Waals surface area (Å²) in [6, 6.07) is 1.23. The molecular formula is C16H17F2N5O3. The molecule has 0 bridgehead atoms. The van der Waals surface area contributed by atoms with E-state index in [0.29, 0.717) is 5.69 Å². The number of β-amino-alcohol motifs (C(OH)–C–C–N with tert-alkyl or cyclic N) is 1. The van der Waals surface area contributed by atoms with Crippen molar-refractivity contribution < 1.29 is 23.5 Å². The number of nitrogens with one attached hydrogen (secondary N) is 1. The maximum Gasteiger partial charge on any atom is 0.280 e. The molecule has 2 saturated heterocycles. The lowest BCUT2D eigenvalue weighted by atomic mass is 9.70. The standard InChI is InChI=1S/C16H17F2N5O3/c1-8-2-10(13(17)18)23-14(21-8)9(4-20-23)15(26)22-6-16(7-22)3-12(25)19-5-11(16)24/h2,4,11,13,24H,3,5-7H2,1H3,(H,19,25). The maximum atomic E-state index is 13.2. The highest BCUT2D eigenvalue weighted by Crippen LogP contribution is 2.40. The molecule has 4 rings (SSSR count). The molecule has 2 aliphatic heterocycles. The minimum atomic E-state index is -2.75. The van der Waals surface area contributed by atoms with Crippen molar-refractivity contribution in [1.29, 1.82) is 0 Å². The fourth-order valence-electron chi connectivity index (χ4n) is 3.70. The molecule has 0 radical (unpaired) electrons. The van der Waals surface area contributed by atoms with Gasteiger partial charge in [-0.15, -0.1) is 0 Å². The normalized spacial score (nSPS) is 22.0. The van der Waals surface area contributed by atoms with Crippen molar-refractivity contribution in [1.82, 2.24) is 24.8 Å². The highest BCUT2D eigenvalue weighted by Gasteiger charge is 2.53. The van der Waals surface area contributed by atoms with Crippen molar-refractivity contribution in [3.63, 3.8) is 0 Å². The van der Waals surface area contributed by atoms with Gasteiger partial charge in [-0.3, -0.25) is 9.59 Å². The van der Waals surface area contributed by atoms with Gasteiger partial charge in [0.2, 0.25) is 5.91 Å². The zero-order chi connectivity index (χ0) is 18.6. The van der Waals surface area contributed by atoms with Crippen LogP contribution in [0, 0.1) is 12.3 Å². The van der Waals surface area contributed by atoms with E-state index in [1.807, 2.05) is 0 Å². The molecule has 2 N–H and O–H groups in total. The van der Waals surface area contributed by atoms with Crippen LogP contribution in [0.3, 0.4) is 0 Å². The Bertz CT molecular complexity index is 907. The van der Waals surface area contributed by atoms with Crippen LogP contribution < -0.4 is 5.32 Å². The summed E-state index contributed by atoms with van der Waals surface area (Å²) in [5, 5.41) is 16.6. The molecule has 1 atom stereocenters. The van der Waals surface area contributed by atoms with Gasteiger partial charge < -0.3 is 15.3 Å². The molecule has 2 aromatic rings. The van der Waals surface area contributed by atoms with Crippen molar-refractivity contribution in [2.45, 2.75) is 25.9 Å². The molecular weight excluding hydrogens is 348 g/mol. The number of aromatic nitrogens is 3. The molecule has 10 heteroatoms. The van der Waals surface area contributed by atoms with Crippen LogP contribution in [0.2, 0.25) is 0 Å². The molecule has 8 nitrogen and oxygen atoms in total. The van der Waals surface area contributed by atoms with E-state index in [2.05, 4.69) is 15.4 Å². The van der Waals surface area contributed by atoms with Gasteiger partial charge in [0.15, 0.2) is 5.65 Å². The zero-order valence-corrected chi connectivity index (χ0v) is 13.9. The number of alkyl halides is 2. The van der Waals surface area contributed by atoms with Crippen LogP contribution in [0.1, 0.15) is 34.6 Å². The van der Waals surface area contributed by atoms with Gasteiger partial charge in [-0.05, 0) is 13.0 Å². The van der Waals surface area contributed by atoms with E-state index in [1.54, 1.807) is 6.92 Å². The molecule has 0 aliphatic carbocycles. The van der Waals surface area contributed by atoms with Crippen LogP contribution in [0.15, 0.2) is 12.3 Å². The lowest BCUT2D eigenvalue weighted by Gasteiger charge is -2.53. The van der Waals surface area contributed by atoms with Gasteiger partial charge in [0.05, 0.1) is 12.3 Å². The summed E-state index contributed by atoms with van der Waals surface area (Å²) in [4.78, 5) is 30.0. The number of carbonyl (C=O) groups excluding carboxylic acids is 2. The van der Waals surface area contributed by atoms with Crippen molar-refractivity contribution in [2.24, 2.45) is 5.41 Å². The van der Waals surface area contributed by atoms with Gasteiger partial charge in [0.25, 0.3) is 12.3 Å². The van der Waals surface area contributed by atoms with E-state index >= 15 is 0 Å². The number of nitrogens with zero attached hydrogens (tertiary/aromatic N) is 4. The molecule has 1 spiro atoms. The largest absolute Gasteiger partial charge is 0.391 e. The molecule has 1 unspecified atom stereocenters. The average Bonchev–Trinajstić information content (AvgIpc) is 2.97. The van der Waals surface area contributed by atoms with Gasteiger partial charge in [0, 0.05) is 37.2 Å². The van der Waals surface area contributed by atoms with E-state index in [4.69, 9.17) is 0 Å². The average molecular weight is 365 g/mol. The van der Waals surface area contributed by atoms with Crippen molar-refractivity contribution in [3.05, 3.63) is 29.2 Å². The Balaban J connectivity index is 1.61. The molecule has 26 heavy (non-hydrogen) atoms. The van der Waals surface area contributed by atoms with E-state index < -0.39 is 23.9 Å². The summed E-state index contributed by atoms with van der Waals surface area (Å²) in [7, 11) is 0. The SMILES string of the molecule is Cc1cc(C(F)F)n2ncc(C(=O)N3CC4(CC(=O)NCC4O)C3)c2n1. The number of likely N-dealkylation sites (tertiary alicyclic amines) is 1. The van der Waals surface area contributed by atoms with Crippen LogP contribution in [0.5, 0.6) is 0 Å². The zero-order valence-electron chi connectivity index (χ0n) is 13.9. The number of carbonyl (C=O) groups is 2. The van der Waals surface area contributed by atoms with Gasteiger partial charge in [-0.25, -0.2) is 18.3 Å². The number of hydrogen-bond donors (Lipinski definition) is 2. The Morgan fingerprint density at radius 3 is 2.88 bits per heavy atom. The number of aliphatic hydroxyl groups excluding tert-OH is 1. The smallest absolute Gasteiger partial charge is 0.280 e. The minimum absolute atomic E-state index is 0.0770. The number of rotatable bonds is 2. The summed E-state index contributed by atoms with van der Waals surface area (Å²) in [6.07, 6.45) is -2.09. The third kappa shape index (κ3) is 2.44.